The Morgan fingerprint density at radius 2 is 1.87 bits per heavy atom. The summed E-state index contributed by atoms with van der Waals surface area (Å²) < 4.78 is 0. The van der Waals surface area contributed by atoms with Crippen LogP contribution in [-0.4, -0.2) is 0 Å². The van der Waals surface area contributed by atoms with Crippen LogP contribution in [0.2, 0.25) is 0 Å². The van der Waals surface area contributed by atoms with Gasteiger partial charge >= 0.3 is 0 Å². The molecule has 3 aromatic rings. The first-order chi connectivity index (χ1) is 14.8. The van der Waals surface area contributed by atoms with E-state index in [2.05, 4.69) is 119 Å². The highest BCUT2D eigenvalue weighted by atomic mass is 32.1. The minimum Gasteiger partial charge on any atom is -0.301 e. The smallest absolute Gasteiger partial charge is 0.0963 e. The normalized spacial score (nSPS) is 22.8. The van der Waals surface area contributed by atoms with Crippen molar-refractivity contribution >= 4 is 17.0 Å². The lowest BCUT2D eigenvalue weighted by Crippen LogP contribution is -2.40. The Kier molecular flexibility index (Phi) is 5.06. The molecule has 150 valence electrons. The van der Waals surface area contributed by atoms with Crippen molar-refractivity contribution in [2.45, 2.75) is 31.2 Å². The molecule has 2 aromatic carbocycles. The Morgan fingerprint density at radius 3 is 2.53 bits per heavy atom. The summed E-state index contributed by atoms with van der Waals surface area (Å²) in [4.78, 5) is 0. The molecule has 2 heterocycles. The first kappa shape index (κ1) is 19.0. The predicted octanol–water partition coefficient (Wildman–Crippen LogP) is 6.71. The number of hydrazine groups is 1. The minimum absolute atomic E-state index is 0.165. The second kappa shape index (κ2) is 8.00. The largest absolute Gasteiger partial charge is 0.301 e. The van der Waals surface area contributed by atoms with Crippen molar-refractivity contribution in [3.63, 3.8) is 0 Å². The summed E-state index contributed by atoms with van der Waals surface area (Å²) >= 11 is 1.75. The van der Waals surface area contributed by atoms with Gasteiger partial charge in [0.25, 0.3) is 0 Å². The van der Waals surface area contributed by atoms with Gasteiger partial charge in [-0.1, -0.05) is 73.7 Å². The fraction of sp³-hybridized carbons (Fsp3) is 0.185. The zero-order valence-electron chi connectivity index (χ0n) is 17.2. The fourth-order valence-electron chi connectivity index (χ4n) is 4.45. The monoisotopic (exact) mass is 410 g/mol. The van der Waals surface area contributed by atoms with Crippen molar-refractivity contribution in [1.29, 1.82) is 0 Å². The maximum absolute atomic E-state index is 3.81. The number of hydrogen-bond donors (Lipinski definition) is 1. The zero-order valence-corrected chi connectivity index (χ0v) is 18.0. The highest BCUT2D eigenvalue weighted by Crippen LogP contribution is 2.44. The lowest BCUT2D eigenvalue weighted by atomic mass is 9.72. The molecule has 0 bridgehead atoms. The van der Waals surface area contributed by atoms with Crippen LogP contribution in [0.3, 0.4) is 0 Å². The molecule has 1 aliphatic heterocycles. The van der Waals surface area contributed by atoms with E-state index in [0.29, 0.717) is 0 Å². The van der Waals surface area contributed by atoms with Crippen LogP contribution >= 0.6 is 11.3 Å². The molecule has 0 saturated carbocycles. The standard InChI is InChI=1S/C27H26N2S/c1-2-21-11-13-24(14-12-21)29-25(22-15-18-30-20-22)19-26(28-29)27(16-7-4-8-17-27)23-9-5-3-6-10-23/h3-16,18-20,25,28H,2,17H2,1H3. The lowest BCUT2D eigenvalue weighted by molar-refractivity contribution is 0.571. The quantitative estimate of drug-likeness (QED) is 0.502. The molecule has 0 fully saturated rings. The number of anilines is 1. The van der Waals surface area contributed by atoms with Gasteiger partial charge in [-0.25, -0.2) is 0 Å². The van der Waals surface area contributed by atoms with Gasteiger partial charge in [0.05, 0.1) is 17.1 Å². The summed E-state index contributed by atoms with van der Waals surface area (Å²) in [6, 6.07) is 22.2. The Bertz CT molecular complexity index is 1080. The van der Waals surface area contributed by atoms with Crippen LogP contribution in [0.4, 0.5) is 5.69 Å². The summed E-state index contributed by atoms with van der Waals surface area (Å²) in [6.45, 7) is 2.20. The van der Waals surface area contributed by atoms with Crippen LogP contribution in [0.15, 0.2) is 108 Å². The van der Waals surface area contributed by atoms with Gasteiger partial charge in [-0.05, 0) is 64.6 Å². The topological polar surface area (TPSA) is 15.3 Å². The number of hydrogen-bond acceptors (Lipinski definition) is 3. The van der Waals surface area contributed by atoms with Crippen LogP contribution < -0.4 is 10.4 Å². The van der Waals surface area contributed by atoms with E-state index < -0.39 is 0 Å². The molecule has 3 heteroatoms. The molecule has 2 nitrogen and oxygen atoms in total. The maximum Gasteiger partial charge on any atom is 0.0963 e. The highest BCUT2D eigenvalue weighted by Gasteiger charge is 2.40. The first-order valence-electron chi connectivity index (χ1n) is 10.6. The number of nitrogens with zero attached hydrogens (tertiary/aromatic N) is 1. The van der Waals surface area contributed by atoms with E-state index in [9.17, 15) is 0 Å². The molecule has 2 aliphatic rings. The molecule has 1 N–H and O–H groups in total. The summed E-state index contributed by atoms with van der Waals surface area (Å²) in [5, 5.41) is 6.73. The third kappa shape index (κ3) is 3.29. The van der Waals surface area contributed by atoms with Crippen molar-refractivity contribution in [2.75, 3.05) is 5.01 Å². The van der Waals surface area contributed by atoms with Crippen LogP contribution in [0.1, 0.15) is 36.1 Å². The van der Waals surface area contributed by atoms with Crippen LogP contribution in [0, 0.1) is 0 Å². The highest BCUT2D eigenvalue weighted by molar-refractivity contribution is 7.08. The van der Waals surface area contributed by atoms with Gasteiger partial charge in [0, 0.05) is 5.70 Å². The summed E-state index contributed by atoms with van der Waals surface area (Å²) in [7, 11) is 0. The second-order valence-electron chi connectivity index (χ2n) is 7.91. The molecular formula is C27H26N2S. The Balaban J connectivity index is 1.58. The molecule has 30 heavy (non-hydrogen) atoms. The van der Waals surface area contributed by atoms with Gasteiger partial charge in [0.2, 0.25) is 0 Å². The SMILES string of the molecule is CCc1ccc(N2NC(C3(c4ccccc4)C=CC=CC3)=CC2c2ccsc2)cc1. The third-order valence-electron chi connectivity index (χ3n) is 6.19. The molecule has 0 spiro atoms. The first-order valence-corrected chi connectivity index (χ1v) is 11.5. The van der Waals surface area contributed by atoms with Crippen molar-refractivity contribution in [1.82, 2.24) is 5.43 Å². The van der Waals surface area contributed by atoms with Gasteiger partial charge in [0.15, 0.2) is 0 Å². The van der Waals surface area contributed by atoms with E-state index in [1.165, 1.54) is 28.1 Å². The summed E-state index contributed by atoms with van der Waals surface area (Å²) in [5.41, 5.74) is 10.1. The van der Waals surface area contributed by atoms with Crippen LogP contribution in [-0.2, 0) is 11.8 Å². The van der Waals surface area contributed by atoms with Gasteiger partial charge in [-0.3, -0.25) is 5.01 Å². The van der Waals surface area contributed by atoms with E-state index >= 15 is 0 Å². The number of rotatable bonds is 5. The van der Waals surface area contributed by atoms with Crippen molar-refractivity contribution in [3.8, 4) is 0 Å². The summed E-state index contributed by atoms with van der Waals surface area (Å²) in [5.74, 6) is 0. The van der Waals surface area contributed by atoms with E-state index in [0.717, 1.165) is 12.8 Å². The van der Waals surface area contributed by atoms with Gasteiger partial charge in [-0.2, -0.15) is 11.3 Å². The fourth-order valence-corrected chi connectivity index (χ4v) is 5.14. The third-order valence-corrected chi connectivity index (χ3v) is 6.89. The molecule has 2 unspecified atom stereocenters. The van der Waals surface area contributed by atoms with E-state index in [1.54, 1.807) is 11.3 Å². The average molecular weight is 411 g/mol. The van der Waals surface area contributed by atoms with Gasteiger partial charge in [-0.15, -0.1) is 0 Å². The molecule has 1 aromatic heterocycles. The molecule has 0 radical (unpaired) electrons. The van der Waals surface area contributed by atoms with Gasteiger partial charge < -0.3 is 5.43 Å². The number of nitrogens with one attached hydrogen (secondary N) is 1. The predicted molar refractivity (Wildman–Crippen MR) is 128 cm³/mol. The number of aryl methyl sites for hydroxylation is 1. The summed E-state index contributed by atoms with van der Waals surface area (Å²) in [6.07, 6.45) is 13.4. The lowest BCUT2D eigenvalue weighted by Gasteiger charge is -2.35. The van der Waals surface area contributed by atoms with Crippen molar-refractivity contribution in [2.24, 2.45) is 0 Å². The molecule has 5 rings (SSSR count). The minimum atomic E-state index is -0.178. The van der Waals surface area contributed by atoms with Crippen LogP contribution in [0.5, 0.6) is 0 Å². The van der Waals surface area contributed by atoms with E-state index in [1.807, 2.05) is 0 Å². The molecule has 2 atom stereocenters. The van der Waals surface area contributed by atoms with E-state index in [4.69, 9.17) is 0 Å². The van der Waals surface area contributed by atoms with Crippen LogP contribution in [0.25, 0.3) is 0 Å². The van der Waals surface area contributed by atoms with Gasteiger partial charge in [0.1, 0.15) is 0 Å². The maximum atomic E-state index is 3.81. The number of allylic oxidation sites excluding steroid dienone is 4. The van der Waals surface area contributed by atoms with Crippen molar-refractivity contribution in [3.05, 3.63) is 124 Å². The number of benzene rings is 2. The molecular weight excluding hydrogens is 384 g/mol. The molecule has 0 saturated heterocycles. The van der Waals surface area contributed by atoms with Crippen molar-refractivity contribution < 1.29 is 0 Å². The molecule has 0 amide bonds. The molecule has 1 aliphatic carbocycles. The van der Waals surface area contributed by atoms with E-state index in [-0.39, 0.29) is 11.5 Å². The zero-order chi connectivity index (χ0) is 20.4. The Hall–Kier alpha value is -3.04. The number of thiophene rings is 1. The Morgan fingerprint density at radius 1 is 1.03 bits per heavy atom. The second-order valence-corrected chi connectivity index (χ2v) is 8.69. The Labute approximate surface area is 182 Å². The average Bonchev–Trinajstić information content (AvgIpc) is 3.50.